The molecule has 1 saturated carbocycles. The molecule has 2 nitrogen and oxygen atoms in total. The molecular formula is C27H36O2. The second kappa shape index (κ2) is 11.2. The van der Waals surface area contributed by atoms with E-state index in [1.807, 2.05) is 24.3 Å². The lowest BCUT2D eigenvalue weighted by Gasteiger charge is -2.29. The summed E-state index contributed by atoms with van der Waals surface area (Å²) in [5.74, 6) is 2.17. The van der Waals surface area contributed by atoms with Crippen molar-refractivity contribution in [2.75, 3.05) is 0 Å². The first-order valence-electron chi connectivity index (χ1n) is 11.6. The van der Waals surface area contributed by atoms with Crippen LogP contribution in [0.5, 0.6) is 5.75 Å². The summed E-state index contributed by atoms with van der Waals surface area (Å²) in [7, 11) is 0. The summed E-state index contributed by atoms with van der Waals surface area (Å²) in [5.41, 5.74) is 3.87. The van der Waals surface area contributed by atoms with Crippen LogP contribution in [-0.2, 0) is 4.79 Å². The molecule has 0 heterocycles. The summed E-state index contributed by atoms with van der Waals surface area (Å²) in [6.07, 6.45) is 12.0. The second-order valence-electron chi connectivity index (χ2n) is 8.58. The van der Waals surface area contributed by atoms with Crippen LogP contribution in [0, 0.1) is 5.92 Å². The van der Waals surface area contributed by atoms with Crippen LogP contribution in [0.1, 0.15) is 89.5 Å². The predicted molar refractivity (Wildman–Crippen MR) is 121 cm³/mol. The SMILES string of the molecule is CCCCC(=O)Oc1ccc(-c2ccc(C3CCC(CCCC)CC3)cc2)cc1. The van der Waals surface area contributed by atoms with Gasteiger partial charge in [0.2, 0.25) is 0 Å². The fourth-order valence-corrected chi connectivity index (χ4v) is 4.44. The van der Waals surface area contributed by atoms with E-state index in [-0.39, 0.29) is 5.97 Å². The summed E-state index contributed by atoms with van der Waals surface area (Å²) in [6.45, 7) is 4.37. The van der Waals surface area contributed by atoms with E-state index in [0.717, 1.165) is 30.2 Å². The zero-order valence-electron chi connectivity index (χ0n) is 18.2. The minimum atomic E-state index is -0.145. The van der Waals surface area contributed by atoms with Crippen LogP contribution < -0.4 is 4.74 Å². The second-order valence-corrected chi connectivity index (χ2v) is 8.58. The Bertz CT molecular complexity index is 737. The lowest BCUT2D eigenvalue weighted by Crippen LogP contribution is -2.13. The van der Waals surface area contributed by atoms with Gasteiger partial charge in [-0.15, -0.1) is 0 Å². The lowest BCUT2D eigenvalue weighted by atomic mass is 9.77. The highest BCUT2D eigenvalue weighted by Crippen LogP contribution is 2.38. The fraction of sp³-hybridized carbons (Fsp3) is 0.519. The molecule has 2 aromatic carbocycles. The van der Waals surface area contributed by atoms with Crippen LogP contribution in [-0.4, -0.2) is 5.97 Å². The molecule has 156 valence electrons. The van der Waals surface area contributed by atoms with Crippen molar-refractivity contribution in [3.05, 3.63) is 54.1 Å². The van der Waals surface area contributed by atoms with Gasteiger partial charge in [0.25, 0.3) is 0 Å². The average Bonchev–Trinajstić information content (AvgIpc) is 2.77. The number of carbonyl (C=O) groups is 1. The Morgan fingerprint density at radius 2 is 1.41 bits per heavy atom. The van der Waals surface area contributed by atoms with Gasteiger partial charge in [-0.3, -0.25) is 4.79 Å². The third kappa shape index (κ3) is 6.45. The monoisotopic (exact) mass is 392 g/mol. The van der Waals surface area contributed by atoms with E-state index in [1.165, 1.54) is 56.1 Å². The third-order valence-corrected chi connectivity index (χ3v) is 6.35. The molecule has 0 aliphatic heterocycles. The van der Waals surface area contributed by atoms with Crippen molar-refractivity contribution in [3.8, 4) is 16.9 Å². The quantitative estimate of drug-likeness (QED) is 0.320. The first kappa shape index (κ1) is 21.6. The number of rotatable bonds is 9. The molecule has 0 saturated heterocycles. The van der Waals surface area contributed by atoms with Crippen LogP contribution >= 0.6 is 0 Å². The van der Waals surface area contributed by atoms with Gasteiger partial charge in [-0.1, -0.05) is 75.9 Å². The number of carbonyl (C=O) groups excluding carboxylic acids is 1. The van der Waals surface area contributed by atoms with Crippen LogP contribution in [0.4, 0.5) is 0 Å². The van der Waals surface area contributed by atoms with Crippen LogP contribution in [0.2, 0.25) is 0 Å². The summed E-state index contributed by atoms with van der Waals surface area (Å²) in [6, 6.07) is 17.0. The normalized spacial score (nSPS) is 19.1. The lowest BCUT2D eigenvalue weighted by molar-refractivity contribution is -0.134. The van der Waals surface area contributed by atoms with Crippen LogP contribution in [0.3, 0.4) is 0 Å². The average molecular weight is 393 g/mol. The number of unbranched alkanes of at least 4 members (excludes halogenated alkanes) is 2. The van der Waals surface area contributed by atoms with Gasteiger partial charge in [-0.05, 0) is 72.8 Å². The number of esters is 1. The number of hydrogen-bond donors (Lipinski definition) is 0. The van der Waals surface area contributed by atoms with E-state index in [0.29, 0.717) is 12.2 Å². The zero-order valence-corrected chi connectivity index (χ0v) is 18.2. The van der Waals surface area contributed by atoms with Crippen LogP contribution in [0.15, 0.2) is 48.5 Å². The molecule has 2 aromatic rings. The first-order valence-corrected chi connectivity index (χ1v) is 11.6. The highest BCUT2D eigenvalue weighted by Gasteiger charge is 2.21. The van der Waals surface area contributed by atoms with E-state index in [2.05, 4.69) is 38.1 Å². The molecule has 0 amide bonds. The molecule has 0 N–H and O–H groups in total. The zero-order chi connectivity index (χ0) is 20.5. The summed E-state index contributed by atoms with van der Waals surface area (Å²) < 4.78 is 5.40. The van der Waals surface area contributed by atoms with E-state index in [9.17, 15) is 4.79 Å². The minimum Gasteiger partial charge on any atom is -0.427 e. The van der Waals surface area contributed by atoms with Gasteiger partial charge in [-0.25, -0.2) is 0 Å². The van der Waals surface area contributed by atoms with Crippen molar-refractivity contribution < 1.29 is 9.53 Å². The molecule has 3 rings (SSSR count). The Hall–Kier alpha value is -2.09. The highest BCUT2D eigenvalue weighted by molar-refractivity contribution is 5.73. The molecule has 0 spiro atoms. The molecule has 0 radical (unpaired) electrons. The first-order chi connectivity index (χ1) is 14.2. The smallest absolute Gasteiger partial charge is 0.311 e. The van der Waals surface area contributed by atoms with Gasteiger partial charge >= 0.3 is 5.97 Å². The van der Waals surface area contributed by atoms with E-state index in [4.69, 9.17) is 4.74 Å². The molecule has 1 aliphatic rings. The van der Waals surface area contributed by atoms with Gasteiger partial charge in [0, 0.05) is 6.42 Å². The van der Waals surface area contributed by atoms with Crippen molar-refractivity contribution in [1.29, 1.82) is 0 Å². The predicted octanol–water partition coefficient (Wildman–Crippen LogP) is 7.91. The maximum atomic E-state index is 11.8. The van der Waals surface area contributed by atoms with E-state index in [1.54, 1.807) is 0 Å². The highest BCUT2D eigenvalue weighted by atomic mass is 16.5. The van der Waals surface area contributed by atoms with Gasteiger partial charge < -0.3 is 4.74 Å². The number of benzene rings is 2. The molecule has 0 aromatic heterocycles. The Labute approximate surface area is 176 Å². The van der Waals surface area contributed by atoms with E-state index < -0.39 is 0 Å². The summed E-state index contributed by atoms with van der Waals surface area (Å²) in [5, 5.41) is 0. The van der Waals surface area contributed by atoms with Crippen LogP contribution in [0.25, 0.3) is 11.1 Å². The molecular weight excluding hydrogens is 356 g/mol. The van der Waals surface area contributed by atoms with Crippen molar-refractivity contribution in [2.24, 2.45) is 5.92 Å². The maximum Gasteiger partial charge on any atom is 0.311 e. The van der Waals surface area contributed by atoms with Gasteiger partial charge in [0.05, 0.1) is 0 Å². The van der Waals surface area contributed by atoms with Crippen molar-refractivity contribution >= 4 is 5.97 Å². The van der Waals surface area contributed by atoms with Crippen molar-refractivity contribution in [2.45, 2.75) is 84.0 Å². The Morgan fingerprint density at radius 1 is 0.828 bits per heavy atom. The molecule has 1 aliphatic carbocycles. The van der Waals surface area contributed by atoms with Crippen molar-refractivity contribution in [1.82, 2.24) is 0 Å². The molecule has 2 heteroatoms. The van der Waals surface area contributed by atoms with Crippen molar-refractivity contribution in [3.63, 3.8) is 0 Å². The summed E-state index contributed by atoms with van der Waals surface area (Å²) in [4.78, 5) is 11.8. The Morgan fingerprint density at radius 3 is 2.00 bits per heavy atom. The number of hydrogen-bond acceptors (Lipinski definition) is 2. The van der Waals surface area contributed by atoms with Gasteiger partial charge in [-0.2, -0.15) is 0 Å². The maximum absolute atomic E-state index is 11.8. The Balaban J connectivity index is 1.54. The molecule has 29 heavy (non-hydrogen) atoms. The molecule has 1 fully saturated rings. The number of ether oxygens (including phenoxy) is 1. The minimum absolute atomic E-state index is 0.145. The van der Waals surface area contributed by atoms with Gasteiger partial charge in [0.15, 0.2) is 0 Å². The van der Waals surface area contributed by atoms with E-state index >= 15 is 0 Å². The topological polar surface area (TPSA) is 26.3 Å². The van der Waals surface area contributed by atoms with Gasteiger partial charge in [0.1, 0.15) is 5.75 Å². The third-order valence-electron chi connectivity index (χ3n) is 6.35. The Kier molecular flexibility index (Phi) is 8.34. The fourth-order valence-electron chi connectivity index (χ4n) is 4.44. The standard InChI is InChI=1S/C27H36O2/c1-3-5-7-21-9-11-22(12-10-21)23-13-15-24(16-14-23)25-17-19-26(20-18-25)29-27(28)8-6-4-2/h13-22H,3-12H2,1-2H3. The molecule has 0 bridgehead atoms. The largest absolute Gasteiger partial charge is 0.427 e. The molecule has 0 atom stereocenters. The molecule has 0 unspecified atom stereocenters. The summed E-state index contributed by atoms with van der Waals surface area (Å²) >= 11 is 0.